The van der Waals surface area contributed by atoms with Crippen LogP contribution in [0.3, 0.4) is 0 Å². The Morgan fingerprint density at radius 3 is 2.75 bits per heavy atom. The number of anilines is 1. The zero-order chi connectivity index (χ0) is 23.5. The first-order valence-corrected chi connectivity index (χ1v) is 11.4. The molecule has 2 aromatic rings. The second-order valence-corrected chi connectivity index (χ2v) is 8.91. The van der Waals surface area contributed by atoms with E-state index in [2.05, 4.69) is 9.71 Å². The van der Waals surface area contributed by atoms with Crippen molar-refractivity contribution in [2.45, 2.75) is 32.0 Å². The van der Waals surface area contributed by atoms with Gasteiger partial charge in [0, 0.05) is 24.6 Å². The first kappa shape index (κ1) is 24.2. The third kappa shape index (κ3) is 5.69. The minimum Gasteiger partial charge on any atom is -0.490 e. The molecule has 1 fully saturated rings. The van der Waals surface area contributed by atoms with Crippen LogP contribution in [0.2, 0.25) is 5.02 Å². The molecule has 3 rings (SSSR count). The third-order valence-corrected chi connectivity index (χ3v) is 6.15. The van der Waals surface area contributed by atoms with Gasteiger partial charge in [0.05, 0.1) is 22.2 Å². The van der Waals surface area contributed by atoms with E-state index < -0.39 is 34.4 Å². The predicted octanol–water partition coefficient (Wildman–Crippen LogP) is 4.35. The Kier molecular flexibility index (Phi) is 7.60. The van der Waals surface area contributed by atoms with Crippen LogP contribution < -0.4 is 14.4 Å². The van der Waals surface area contributed by atoms with E-state index in [1.807, 2.05) is 4.90 Å². The molecule has 0 aliphatic carbocycles. The van der Waals surface area contributed by atoms with Crippen LogP contribution in [0.15, 0.2) is 30.5 Å². The average Bonchev–Trinajstić information content (AvgIpc) is 3.21. The number of nitrogens with one attached hydrogen (secondary N) is 1. The molecule has 1 N–H and O–H groups in total. The van der Waals surface area contributed by atoms with Gasteiger partial charge in [-0.15, -0.1) is 0 Å². The Hall–Kier alpha value is -2.40. The molecule has 6 nitrogen and oxygen atoms in total. The number of rotatable bonds is 7. The standard InChI is InChI=1S/C20H20ClF4N3O3S/c1-2-32(30)27-19(29)14-8-15(21)17(9-16(14)22)31-11-13-4-3-7-28(13)18-6-5-12(10-26-18)20(23,24)25/h5-6,8-10,13H,2-4,7,11H2,1H3,(H,27,29). The zero-order valence-corrected chi connectivity index (χ0v) is 18.5. The Labute approximate surface area is 189 Å². The van der Waals surface area contributed by atoms with Crippen molar-refractivity contribution in [2.24, 2.45) is 0 Å². The van der Waals surface area contributed by atoms with E-state index in [0.29, 0.717) is 18.8 Å². The first-order chi connectivity index (χ1) is 15.1. The SMILES string of the molecule is CCS(=O)NC(=O)c1cc(Cl)c(OCC2CCCN2c2ccc(C(F)(F)F)cn2)cc1F. The lowest BCUT2D eigenvalue weighted by Gasteiger charge is -2.26. The third-order valence-electron chi connectivity index (χ3n) is 4.91. The lowest BCUT2D eigenvalue weighted by atomic mass is 10.2. The summed E-state index contributed by atoms with van der Waals surface area (Å²) in [7, 11) is -1.63. The Morgan fingerprint density at radius 2 is 2.12 bits per heavy atom. The largest absolute Gasteiger partial charge is 0.490 e. The number of pyridine rings is 1. The average molecular weight is 494 g/mol. The highest BCUT2D eigenvalue weighted by atomic mass is 35.5. The molecule has 1 saturated heterocycles. The van der Waals surface area contributed by atoms with Gasteiger partial charge in [0.15, 0.2) is 0 Å². The molecule has 1 aliphatic rings. The van der Waals surface area contributed by atoms with Gasteiger partial charge < -0.3 is 9.64 Å². The van der Waals surface area contributed by atoms with Gasteiger partial charge in [-0.2, -0.15) is 13.2 Å². The molecule has 174 valence electrons. The first-order valence-electron chi connectivity index (χ1n) is 9.71. The normalized spacial score (nSPS) is 17.3. The number of ether oxygens (including phenoxy) is 1. The van der Waals surface area contributed by atoms with E-state index >= 15 is 0 Å². The minimum atomic E-state index is -4.46. The molecule has 0 radical (unpaired) electrons. The van der Waals surface area contributed by atoms with Gasteiger partial charge in [0.2, 0.25) is 0 Å². The number of amides is 1. The monoisotopic (exact) mass is 493 g/mol. The van der Waals surface area contributed by atoms with Crippen LogP contribution in [0.25, 0.3) is 0 Å². The van der Waals surface area contributed by atoms with Crippen molar-refractivity contribution in [1.82, 2.24) is 9.71 Å². The maximum atomic E-state index is 14.4. The predicted molar refractivity (Wildman–Crippen MR) is 113 cm³/mol. The number of nitrogens with zero attached hydrogens (tertiary/aromatic N) is 2. The number of alkyl halides is 3. The fourth-order valence-corrected chi connectivity index (χ4v) is 3.94. The van der Waals surface area contributed by atoms with E-state index in [1.54, 1.807) is 6.92 Å². The summed E-state index contributed by atoms with van der Waals surface area (Å²) in [5, 5.41) is -0.00367. The van der Waals surface area contributed by atoms with Crippen LogP contribution in [0.5, 0.6) is 5.75 Å². The molecule has 1 amide bonds. The van der Waals surface area contributed by atoms with Crippen molar-refractivity contribution in [2.75, 3.05) is 23.8 Å². The highest BCUT2D eigenvalue weighted by molar-refractivity contribution is 7.83. The van der Waals surface area contributed by atoms with Gasteiger partial charge in [-0.05, 0) is 31.0 Å². The van der Waals surface area contributed by atoms with Crippen LogP contribution in [-0.4, -0.2) is 40.0 Å². The van der Waals surface area contributed by atoms with Crippen molar-refractivity contribution < 1.29 is 31.3 Å². The van der Waals surface area contributed by atoms with Gasteiger partial charge in [-0.3, -0.25) is 9.52 Å². The van der Waals surface area contributed by atoms with E-state index in [9.17, 15) is 26.6 Å². The number of hydrogen-bond donors (Lipinski definition) is 1. The lowest BCUT2D eigenvalue weighted by molar-refractivity contribution is -0.137. The molecule has 0 bridgehead atoms. The van der Waals surface area contributed by atoms with Crippen LogP contribution in [-0.2, 0) is 17.2 Å². The van der Waals surface area contributed by atoms with E-state index in [-0.39, 0.29) is 34.7 Å². The van der Waals surface area contributed by atoms with Gasteiger partial charge in [0.1, 0.15) is 35.0 Å². The molecule has 32 heavy (non-hydrogen) atoms. The Balaban J connectivity index is 1.68. The summed E-state index contributed by atoms with van der Waals surface area (Å²) >= 11 is 6.13. The van der Waals surface area contributed by atoms with Crippen LogP contribution in [0.4, 0.5) is 23.4 Å². The van der Waals surface area contributed by atoms with Crippen molar-refractivity contribution in [1.29, 1.82) is 0 Å². The number of halogens is 5. The van der Waals surface area contributed by atoms with E-state index in [1.165, 1.54) is 6.07 Å². The Morgan fingerprint density at radius 1 is 1.38 bits per heavy atom. The van der Waals surface area contributed by atoms with Crippen molar-refractivity contribution >= 4 is 34.3 Å². The molecule has 0 spiro atoms. The van der Waals surface area contributed by atoms with Crippen LogP contribution >= 0.6 is 11.6 Å². The Bertz CT molecular complexity index is 1000. The van der Waals surface area contributed by atoms with Crippen LogP contribution in [0.1, 0.15) is 35.7 Å². The van der Waals surface area contributed by atoms with E-state index in [4.69, 9.17) is 16.3 Å². The summed E-state index contributed by atoms with van der Waals surface area (Å²) in [6.07, 6.45) is -2.19. The summed E-state index contributed by atoms with van der Waals surface area (Å²) < 4.78 is 71.9. The maximum absolute atomic E-state index is 14.4. The fraction of sp³-hybridized carbons (Fsp3) is 0.400. The minimum absolute atomic E-state index is 0.00367. The van der Waals surface area contributed by atoms with Gasteiger partial charge in [-0.1, -0.05) is 18.5 Å². The molecule has 2 heterocycles. The molecular weight excluding hydrogens is 474 g/mol. The quantitative estimate of drug-likeness (QED) is 0.580. The topological polar surface area (TPSA) is 71.5 Å². The molecule has 1 aliphatic heterocycles. The van der Waals surface area contributed by atoms with Crippen molar-refractivity contribution in [3.8, 4) is 5.75 Å². The molecule has 2 unspecified atom stereocenters. The number of hydrogen-bond acceptors (Lipinski definition) is 5. The van der Waals surface area contributed by atoms with Crippen molar-refractivity contribution in [3.05, 3.63) is 52.4 Å². The molecule has 12 heteroatoms. The molecule has 1 aromatic heterocycles. The van der Waals surface area contributed by atoms with Gasteiger partial charge in [-0.25, -0.2) is 13.6 Å². The molecule has 1 aromatic carbocycles. The molecular formula is C20H20ClF4N3O3S. The smallest absolute Gasteiger partial charge is 0.417 e. The van der Waals surface area contributed by atoms with Crippen LogP contribution in [0, 0.1) is 5.82 Å². The molecule has 2 atom stereocenters. The summed E-state index contributed by atoms with van der Waals surface area (Å²) in [6, 6.07) is 4.15. The summed E-state index contributed by atoms with van der Waals surface area (Å²) in [5.41, 5.74) is -1.19. The highest BCUT2D eigenvalue weighted by Gasteiger charge is 2.32. The second-order valence-electron chi connectivity index (χ2n) is 7.03. The van der Waals surface area contributed by atoms with Crippen molar-refractivity contribution in [3.63, 3.8) is 0 Å². The lowest BCUT2D eigenvalue weighted by Crippen LogP contribution is -2.35. The number of aromatic nitrogens is 1. The zero-order valence-electron chi connectivity index (χ0n) is 16.9. The number of carbonyl (C=O) groups is 1. The summed E-state index contributed by atoms with van der Waals surface area (Å²) in [6.45, 7) is 2.28. The highest BCUT2D eigenvalue weighted by Crippen LogP contribution is 2.32. The number of carbonyl (C=O) groups excluding carboxylic acids is 1. The fourth-order valence-electron chi connectivity index (χ4n) is 3.26. The second kappa shape index (κ2) is 10.0. The summed E-state index contributed by atoms with van der Waals surface area (Å²) in [4.78, 5) is 17.8. The molecule has 0 saturated carbocycles. The number of benzene rings is 1. The maximum Gasteiger partial charge on any atom is 0.417 e. The van der Waals surface area contributed by atoms with Gasteiger partial charge in [0.25, 0.3) is 5.91 Å². The van der Waals surface area contributed by atoms with E-state index in [0.717, 1.165) is 30.8 Å². The van der Waals surface area contributed by atoms with Gasteiger partial charge >= 0.3 is 6.18 Å². The summed E-state index contributed by atoms with van der Waals surface area (Å²) in [5.74, 6) is -1.16.